The van der Waals surface area contributed by atoms with Crippen LogP contribution in [0.2, 0.25) is 0 Å². The van der Waals surface area contributed by atoms with Gasteiger partial charge >= 0.3 is 0 Å². The lowest BCUT2D eigenvalue weighted by molar-refractivity contribution is 0.102. The van der Waals surface area contributed by atoms with Crippen molar-refractivity contribution in [2.75, 3.05) is 11.9 Å². The van der Waals surface area contributed by atoms with Crippen molar-refractivity contribution in [3.63, 3.8) is 0 Å². The maximum atomic E-state index is 12.0. The molecule has 1 amide bonds. The maximum absolute atomic E-state index is 12.0. The van der Waals surface area contributed by atoms with Crippen LogP contribution in [0.4, 0.5) is 5.69 Å². The largest absolute Gasteiger partial charge is 0.494 e. The summed E-state index contributed by atoms with van der Waals surface area (Å²) in [5, 5.41) is 2.79. The first kappa shape index (κ1) is 13.3. The standard InChI is InChI=1S/C14H14N2O2S/c1-2-18-11-7-5-10(6-8-11)16-13(17)12-4-3-9-15-14(12)19/h3-9H,2H2,1H3,(H,15,19)(H,16,17). The summed E-state index contributed by atoms with van der Waals surface area (Å²) < 4.78 is 5.76. The number of carbonyl (C=O) groups is 1. The molecule has 2 N–H and O–H groups in total. The van der Waals surface area contributed by atoms with E-state index in [2.05, 4.69) is 10.3 Å². The summed E-state index contributed by atoms with van der Waals surface area (Å²) in [6.45, 7) is 2.54. The lowest BCUT2D eigenvalue weighted by Gasteiger charge is -2.07. The minimum atomic E-state index is -0.231. The summed E-state index contributed by atoms with van der Waals surface area (Å²) in [6, 6.07) is 10.6. The molecule has 2 aromatic rings. The SMILES string of the molecule is CCOc1ccc(NC(=O)c2ccc[nH]c2=S)cc1. The average molecular weight is 274 g/mol. The molecule has 0 unspecified atom stereocenters. The number of carbonyl (C=O) groups excluding carboxylic acids is 1. The fourth-order valence-electron chi connectivity index (χ4n) is 1.60. The molecule has 0 saturated carbocycles. The molecule has 2 rings (SSSR count). The second-order valence-electron chi connectivity index (χ2n) is 3.82. The highest BCUT2D eigenvalue weighted by molar-refractivity contribution is 7.71. The molecule has 0 fully saturated rings. The highest BCUT2D eigenvalue weighted by Gasteiger charge is 2.07. The van der Waals surface area contributed by atoms with Crippen LogP contribution >= 0.6 is 12.2 Å². The molecule has 98 valence electrons. The average Bonchev–Trinajstić information content (AvgIpc) is 2.42. The number of aromatic nitrogens is 1. The number of pyridine rings is 1. The van der Waals surface area contributed by atoms with Gasteiger partial charge in [0.1, 0.15) is 10.4 Å². The molecule has 0 bridgehead atoms. The highest BCUT2D eigenvalue weighted by atomic mass is 32.1. The van der Waals surface area contributed by atoms with Crippen LogP contribution in [-0.2, 0) is 0 Å². The van der Waals surface area contributed by atoms with E-state index in [0.717, 1.165) is 5.75 Å². The monoisotopic (exact) mass is 274 g/mol. The van der Waals surface area contributed by atoms with Gasteiger partial charge in [-0.05, 0) is 43.3 Å². The maximum Gasteiger partial charge on any atom is 0.258 e. The third-order valence-corrected chi connectivity index (χ3v) is 2.82. The molecule has 0 radical (unpaired) electrons. The quantitative estimate of drug-likeness (QED) is 0.840. The Kier molecular flexibility index (Phi) is 4.30. The van der Waals surface area contributed by atoms with Crippen molar-refractivity contribution < 1.29 is 9.53 Å². The summed E-state index contributed by atoms with van der Waals surface area (Å²) in [6.07, 6.45) is 1.69. The third-order valence-electron chi connectivity index (χ3n) is 2.49. The molecule has 0 aliphatic carbocycles. The molecular weight excluding hydrogens is 260 g/mol. The van der Waals surface area contributed by atoms with Crippen LogP contribution in [0.25, 0.3) is 0 Å². The molecule has 5 heteroatoms. The third kappa shape index (κ3) is 3.42. The molecule has 0 aliphatic rings. The van der Waals surface area contributed by atoms with E-state index in [9.17, 15) is 4.79 Å². The fraction of sp³-hybridized carbons (Fsp3) is 0.143. The summed E-state index contributed by atoms with van der Waals surface area (Å²) in [5.41, 5.74) is 1.15. The molecule has 1 aromatic heterocycles. The Bertz CT molecular complexity index is 620. The zero-order chi connectivity index (χ0) is 13.7. The van der Waals surface area contributed by atoms with Gasteiger partial charge in [-0.15, -0.1) is 0 Å². The van der Waals surface area contributed by atoms with E-state index in [1.165, 1.54) is 0 Å². The minimum absolute atomic E-state index is 0.231. The number of amides is 1. The van der Waals surface area contributed by atoms with Gasteiger partial charge < -0.3 is 15.0 Å². The van der Waals surface area contributed by atoms with Crippen molar-refractivity contribution in [1.82, 2.24) is 4.98 Å². The van der Waals surface area contributed by atoms with Gasteiger partial charge in [0.05, 0.1) is 12.2 Å². The Labute approximate surface area is 116 Å². The molecular formula is C14H14N2O2S. The Morgan fingerprint density at radius 1 is 1.32 bits per heavy atom. The molecule has 1 aromatic carbocycles. The van der Waals surface area contributed by atoms with Crippen LogP contribution in [0.15, 0.2) is 42.6 Å². The van der Waals surface area contributed by atoms with E-state index in [-0.39, 0.29) is 5.91 Å². The van der Waals surface area contributed by atoms with E-state index in [1.54, 1.807) is 30.5 Å². The van der Waals surface area contributed by atoms with Crippen molar-refractivity contribution in [1.29, 1.82) is 0 Å². The topological polar surface area (TPSA) is 54.1 Å². The van der Waals surface area contributed by atoms with Gasteiger partial charge in [0.25, 0.3) is 5.91 Å². The van der Waals surface area contributed by atoms with Gasteiger partial charge in [0.2, 0.25) is 0 Å². The summed E-state index contributed by atoms with van der Waals surface area (Å²) >= 11 is 5.06. The van der Waals surface area contributed by atoms with Gasteiger partial charge in [0.15, 0.2) is 0 Å². The number of hydrogen-bond acceptors (Lipinski definition) is 3. The first-order chi connectivity index (χ1) is 9.20. The number of rotatable bonds is 4. The molecule has 0 saturated heterocycles. The zero-order valence-electron chi connectivity index (χ0n) is 10.5. The minimum Gasteiger partial charge on any atom is -0.494 e. The van der Waals surface area contributed by atoms with Crippen LogP contribution in [0, 0.1) is 4.64 Å². The van der Waals surface area contributed by atoms with Gasteiger partial charge in [0, 0.05) is 11.9 Å². The Hall–Kier alpha value is -2.14. The number of hydrogen-bond donors (Lipinski definition) is 2. The molecule has 0 atom stereocenters. The van der Waals surface area contributed by atoms with Gasteiger partial charge in [-0.1, -0.05) is 12.2 Å². The first-order valence-corrected chi connectivity index (χ1v) is 6.33. The Balaban J connectivity index is 2.11. The van der Waals surface area contributed by atoms with Crippen LogP contribution in [0.3, 0.4) is 0 Å². The van der Waals surface area contributed by atoms with Crippen molar-refractivity contribution >= 4 is 23.8 Å². The van der Waals surface area contributed by atoms with E-state index in [1.807, 2.05) is 19.1 Å². The number of ether oxygens (including phenoxy) is 1. The number of aromatic amines is 1. The number of nitrogens with one attached hydrogen (secondary N) is 2. The summed E-state index contributed by atoms with van der Waals surface area (Å²) in [5.74, 6) is 0.545. The van der Waals surface area contributed by atoms with E-state index in [0.29, 0.717) is 22.5 Å². The van der Waals surface area contributed by atoms with Crippen LogP contribution in [0.1, 0.15) is 17.3 Å². The van der Waals surface area contributed by atoms with Crippen molar-refractivity contribution in [2.24, 2.45) is 0 Å². The summed E-state index contributed by atoms with van der Waals surface area (Å²) in [4.78, 5) is 14.8. The van der Waals surface area contributed by atoms with Gasteiger partial charge in [-0.25, -0.2) is 0 Å². The molecule has 0 spiro atoms. The highest BCUT2D eigenvalue weighted by Crippen LogP contribution is 2.16. The lowest BCUT2D eigenvalue weighted by Crippen LogP contribution is -2.12. The number of H-pyrrole nitrogens is 1. The predicted octanol–water partition coefficient (Wildman–Crippen LogP) is 3.40. The van der Waals surface area contributed by atoms with Crippen molar-refractivity contribution in [3.8, 4) is 5.75 Å². The van der Waals surface area contributed by atoms with E-state index in [4.69, 9.17) is 17.0 Å². The molecule has 4 nitrogen and oxygen atoms in total. The number of benzene rings is 1. The Morgan fingerprint density at radius 3 is 2.68 bits per heavy atom. The first-order valence-electron chi connectivity index (χ1n) is 5.92. The number of anilines is 1. The van der Waals surface area contributed by atoms with Crippen molar-refractivity contribution in [2.45, 2.75) is 6.92 Å². The Morgan fingerprint density at radius 2 is 2.05 bits per heavy atom. The van der Waals surface area contributed by atoms with Crippen molar-refractivity contribution in [3.05, 3.63) is 52.8 Å². The molecule has 19 heavy (non-hydrogen) atoms. The molecule has 0 aliphatic heterocycles. The second kappa shape index (κ2) is 6.15. The second-order valence-corrected chi connectivity index (χ2v) is 4.23. The zero-order valence-corrected chi connectivity index (χ0v) is 11.3. The summed E-state index contributed by atoms with van der Waals surface area (Å²) in [7, 11) is 0. The smallest absolute Gasteiger partial charge is 0.258 e. The molecule has 1 heterocycles. The van der Waals surface area contributed by atoms with E-state index >= 15 is 0 Å². The van der Waals surface area contributed by atoms with E-state index < -0.39 is 0 Å². The fourth-order valence-corrected chi connectivity index (χ4v) is 1.83. The van der Waals surface area contributed by atoms with Crippen LogP contribution < -0.4 is 10.1 Å². The normalized spacial score (nSPS) is 9.95. The van der Waals surface area contributed by atoms with Gasteiger partial charge in [-0.2, -0.15) is 0 Å². The lowest BCUT2D eigenvalue weighted by atomic mass is 10.2. The predicted molar refractivity (Wildman–Crippen MR) is 77.2 cm³/mol. The van der Waals surface area contributed by atoms with Crippen LogP contribution in [0.5, 0.6) is 5.75 Å². The van der Waals surface area contributed by atoms with Gasteiger partial charge in [-0.3, -0.25) is 4.79 Å². The van der Waals surface area contributed by atoms with Crippen LogP contribution in [-0.4, -0.2) is 17.5 Å².